The van der Waals surface area contributed by atoms with Crippen LogP contribution < -0.4 is 15.4 Å². The molecule has 0 amide bonds. The fourth-order valence-electron chi connectivity index (χ4n) is 2.46. The van der Waals surface area contributed by atoms with E-state index in [1.54, 1.807) is 7.05 Å². The Labute approximate surface area is 146 Å². The average Bonchev–Trinajstić information content (AvgIpc) is 3.18. The smallest absolute Gasteiger partial charge is 0.191 e. The molecule has 0 radical (unpaired) electrons. The third-order valence-electron chi connectivity index (χ3n) is 3.85. The number of fused-ring (bicyclic) bond motifs is 1. The van der Waals surface area contributed by atoms with Crippen LogP contribution in [0.4, 0.5) is 4.39 Å². The highest BCUT2D eigenvalue weighted by Crippen LogP contribution is 2.30. The Kier molecular flexibility index (Phi) is 5.85. The summed E-state index contributed by atoms with van der Waals surface area (Å²) in [6, 6.07) is 3.43. The molecule has 0 aromatic heterocycles. The third-order valence-corrected chi connectivity index (χ3v) is 3.85. The molecule has 2 unspecified atom stereocenters. The van der Waals surface area contributed by atoms with E-state index in [1.807, 2.05) is 0 Å². The molecule has 1 aromatic rings. The summed E-state index contributed by atoms with van der Waals surface area (Å²) in [5, 5.41) is 6.54. The summed E-state index contributed by atoms with van der Waals surface area (Å²) in [6.45, 7) is 3.24. The average molecular weight is 421 g/mol. The molecule has 22 heavy (non-hydrogen) atoms. The van der Waals surface area contributed by atoms with Gasteiger partial charge in [-0.3, -0.25) is 4.99 Å². The molecule has 3 rings (SSSR count). The van der Waals surface area contributed by atoms with Gasteiger partial charge in [0.2, 0.25) is 0 Å². The molecule has 7 heteroatoms. The molecule has 2 aliphatic rings. The topological polar surface area (TPSA) is 54.9 Å². The maximum absolute atomic E-state index is 13.6. The van der Waals surface area contributed by atoms with Crippen LogP contribution in [-0.4, -0.2) is 25.8 Å². The highest BCUT2D eigenvalue weighted by molar-refractivity contribution is 14.0. The van der Waals surface area contributed by atoms with Gasteiger partial charge in [0.15, 0.2) is 12.8 Å². The van der Waals surface area contributed by atoms with Crippen LogP contribution in [0.15, 0.2) is 17.1 Å². The molecule has 1 fully saturated rings. The van der Waals surface area contributed by atoms with Gasteiger partial charge in [-0.1, -0.05) is 6.92 Å². The van der Waals surface area contributed by atoms with E-state index in [4.69, 9.17) is 9.47 Å². The number of nitrogens with one attached hydrogen (secondary N) is 2. The highest BCUT2D eigenvalue weighted by Gasteiger charge is 2.33. The van der Waals surface area contributed by atoms with E-state index in [9.17, 15) is 4.39 Å². The van der Waals surface area contributed by atoms with E-state index >= 15 is 0 Å². The molecular weight excluding hydrogens is 400 g/mol. The van der Waals surface area contributed by atoms with Gasteiger partial charge in [-0.2, -0.15) is 0 Å². The SMILES string of the molecule is CN=C(NCc1cc(F)cc2c1OCOC2)NC1CC1C.I. The normalized spacial score (nSPS) is 23.0. The van der Waals surface area contributed by atoms with Crippen molar-refractivity contribution in [2.24, 2.45) is 10.9 Å². The third kappa shape index (κ3) is 4.01. The van der Waals surface area contributed by atoms with Crippen LogP contribution in [0.25, 0.3) is 0 Å². The molecule has 122 valence electrons. The van der Waals surface area contributed by atoms with E-state index in [2.05, 4.69) is 22.5 Å². The number of benzene rings is 1. The standard InChI is InChI=1S/C15H20FN3O2.HI/c1-9-3-13(9)19-15(17-2)18-6-10-4-12(16)5-11-7-20-8-21-14(10)11;/h4-5,9,13H,3,6-8H2,1-2H3,(H2,17,18,19);1H. The van der Waals surface area contributed by atoms with Crippen LogP contribution in [0.5, 0.6) is 5.75 Å². The molecule has 0 spiro atoms. The summed E-state index contributed by atoms with van der Waals surface area (Å²) < 4.78 is 24.3. The molecule has 0 saturated heterocycles. The van der Waals surface area contributed by atoms with Crippen molar-refractivity contribution in [2.45, 2.75) is 32.5 Å². The van der Waals surface area contributed by atoms with Gasteiger partial charge >= 0.3 is 0 Å². The van der Waals surface area contributed by atoms with E-state index in [0.29, 0.717) is 30.9 Å². The zero-order chi connectivity index (χ0) is 14.8. The fourth-order valence-corrected chi connectivity index (χ4v) is 2.46. The summed E-state index contributed by atoms with van der Waals surface area (Å²) in [5.41, 5.74) is 1.52. The zero-order valence-electron chi connectivity index (χ0n) is 12.7. The summed E-state index contributed by atoms with van der Waals surface area (Å²) in [6.07, 6.45) is 1.16. The zero-order valence-corrected chi connectivity index (χ0v) is 15.0. The Morgan fingerprint density at radius 2 is 2.23 bits per heavy atom. The highest BCUT2D eigenvalue weighted by atomic mass is 127. The number of hydrogen-bond acceptors (Lipinski definition) is 3. The first kappa shape index (κ1) is 17.3. The monoisotopic (exact) mass is 421 g/mol. The van der Waals surface area contributed by atoms with Crippen LogP contribution in [0.1, 0.15) is 24.5 Å². The van der Waals surface area contributed by atoms with Crippen molar-refractivity contribution < 1.29 is 13.9 Å². The summed E-state index contributed by atoms with van der Waals surface area (Å²) in [4.78, 5) is 4.19. The lowest BCUT2D eigenvalue weighted by Gasteiger charge is -2.21. The summed E-state index contributed by atoms with van der Waals surface area (Å²) in [5.74, 6) is 1.85. The van der Waals surface area contributed by atoms with Crippen molar-refractivity contribution in [3.63, 3.8) is 0 Å². The first-order valence-electron chi connectivity index (χ1n) is 7.16. The molecule has 5 nitrogen and oxygen atoms in total. The van der Waals surface area contributed by atoms with Gasteiger partial charge in [0.05, 0.1) is 6.61 Å². The van der Waals surface area contributed by atoms with Gasteiger partial charge in [0, 0.05) is 30.8 Å². The minimum atomic E-state index is -0.279. The molecule has 1 aliphatic heterocycles. The second-order valence-corrected chi connectivity index (χ2v) is 5.55. The largest absolute Gasteiger partial charge is 0.467 e. The molecule has 2 N–H and O–H groups in total. The lowest BCUT2D eigenvalue weighted by Crippen LogP contribution is -2.38. The van der Waals surface area contributed by atoms with E-state index in [-0.39, 0.29) is 36.6 Å². The van der Waals surface area contributed by atoms with Crippen molar-refractivity contribution >= 4 is 29.9 Å². The minimum absolute atomic E-state index is 0. The van der Waals surface area contributed by atoms with Crippen molar-refractivity contribution in [2.75, 3.05) is 13.8 Å². The van der Waals surface area contributed by atoms with Crippen molar-refractivity contribution in [3.8, 4) is 5.75 Å². The van der Waals surface area contributed by atoms with Gasteiger partial charge in [-0.25, -0.2) is 4.39 Å². The number of halogens is 2. The van der Waals surface area contributed by atoms with Gasteiger partial charge in [0.25, 0.3) is 0 Å². The Hall–Kier alpha value is -1.09. The summed E-state index contributed by atoms with van der Waals surface area (Å²) >= 11 is 0. The molecular formula is C15H21FIN3O2. The fraction of sp³-hybridized carbons (Fsp3) is 0.533. The number of rotatable bonds is 3. The van der Waals surface area contributed by atoms with Gasteiger partial charge in [0.1, 0.15) is 11.6 Å². The Morgan fingerprint density at radius 3 is 2.91 bits per heavy atom. The van der Waals surface area contributed by atoms with Gasteiger partial charge in [-0.15, -0.1) is 24.0 Å². The molecule has 1 aromatic carbocycles. The van der Waals surface area contributed by atoms with Crippen LogP contribution in [-0.2, 0) is 17.9 Å². The maximum atomic E-state index is 13.6. The first-order valence-corrected chi connectivity index (χ1v) is 7.16. The second kappa shape index (κ2) is 7.45. The van der Waals surface area contributed by atoms with Crippen molar-refractivity contribution in [1.82, 2.24) is 10.6 Å². The van der Waals surface area contributed by atoms with E-state index in [0.717, 1.165) is 23.5 Å². The quantitative estimate of drug-likeness (QED) is 0.447. The van der Waals surface area contributed by atoms with E-state index in [1.165, 1.54) is 12.1 Å². The summed E-state index contributed by atoms with van der Waals surface area (Å²) in [7, 11) is 1.73. The molecule has 1 aliphatic carbocycles. The predicted octanol–water partition coefficient (Wildman–Crippen LogP) is 2.38. The predicted molar refractivity (Wildman–Crippen MR) is 93.0 cm³/mol. The molecule has 0 bridgehead atoms. The minimum Gasteiger partial charge on any atom is -0.467 e. The second-order valence-electron chi connectivity index (χ2n) is 5.55. The Balaban J connectivity index is 0.00000176. The number of aliphatic imine (C=N–C) groups is 1. The van der Waals surface area contributed by atoms with Crippen LogP contribution >= 0.6 is 24.0 Å². The molecule has 1 heterocycles. The van der Waals surface area contributed by atoms with Crippen LogP contribution in [0, 0.1) is 11.7 Å². The lowest BCUT2D eigenvalue weighted by molar-refractivity contribution is -0.0172. The Morgan fingerprint density at radius 1 is 1.45 bits per heavy atom. The van der Waals surface area contributed by atoms with Crippen LogP contribution in [0.3, 0.4) is 0 Å². The number of ether oxygens (including phenoxy) is 2. The number of hydrogen-bond donors (Lipinski definition) is 2. The molecule has 1 saturated carbocycles. The maximum Gasteiger partial charge on any atom is 0.191 e. The van der Waals surface area contributed by atoms with E-state index < -0.39 is 0 Å². The van der Waals surface area contributed by atoms with Crippen molar-refractivity contribution in [1.29, 1.82) is 0 Å². The van der Waals surface area contributed by atoms with Crippen molar-refractivity contribution in [3.05, 3.63) is 29.1 Å². The van der Waals surface area contributed by atoms with Gasteiger partial charge in [-0.05, 0) is 24.5 Å². The van der Waals surface area contributed by atoms with Gasteiger partial charge < -0.3 is 20.1 Å². The lowest BCUT2D eigenvalue weighted by atomic mass is 10.1. The van der Waals surface area contributed by atoms with Crippen LogP contribution in [0.2, 0.25) is 0 Å². The first-order chi connectivity index (χ1) is 10.2. The Bertz CT molecular complexity index is 568. The number of nitrogens with zero attached hydrogens (tertiary/aromatic N) is 1. The molecule has 2 atom stereocenters. The number of guanidine groups is 1.